The number of hydrogen-bond acceptors (Lipinski definition) is 2. The Morgan fingerprint density at radius 3 is 2.55 bits per heavy atom. The molecule has 3 nitrogen and oxygen atoms in total. The lowest BCUT2D eigenvalue weighted by atomic mass is 10.0. The van der Waals surface area contributed by atoms with Gasteiger partial charge in [-0.05, 0) is 48.2 Å². The zero-order chi connectivity index (χ0) is 14.8. The fourth-order valence-electron chi connectivity index (χ4n) is 2.68. The van der Waals surface area contributed by atoms with Crippen molar-refractivity contribution in [2.75, 3.05) is 0 Å². The van der Waals surface area contributed by atoms with Crippen molar-refractivity contribution >= 4 is 11.0 Å². The van der Waals surface area contributed by atoms with Crippen molar-refractivity contribution in [2.24, 2.45) is 0 Å². The molecule has 108 valence electrons. The quantitative estimate of drug-likeness (QED) is 0.596. The van der Waals surface area contributed by atoms with Gasteiger partial charge in [0.15, 0.2) is 11.6 Å². The SMILES string of the molecule is c1ccc(CCc2ccc3nc(-c4ccco4)[nH]c3c2)cc1. The minimum atomic E-state index is 0.766. The van der Waals surface area contributed by atoms with E-state index in [1.54, 1.807) is 6.26 Å². The Morgan fingerprint density at radius 2 is 1.73 bits per heavy atom. The number of aromatic nitrogens is 2. The summed E-state index contributed by atoms with van der Waals surface area (Å²) in [6, 6.07) is 20.7. The first-order valence-electron chi connectivity index (χ1n) is 7.45. The Hall–Kier alpha value is -2.81. The van der Waals surface area contributed by atoms with Crippen LogP contribution in [0.2, 0.25) is 0 Å². The van der Waals surface area contributed by atoms with Gasteiger partial charge in [0.2, 0.25) is 0 Å². The number of benzene rings is 2. The van der Waals surface area contributed by atoms with E-state index in [0.29, 0.717) is 0 Å². The predicted molar refractivity (Wildman–Crippen MR) is 87.6 cm³/mol. The van der Waals surface area contributed by atoms with Crippen molar-refractivity contribution in [3.8, 4) is 11.6 Å². The molecule has 4 rings (SSSR count). The number of imidazole rings is 1. The van der Waals surface area contributed by atoms with Crippen LogP contribution in [0.15, 0.2) is 71.3 Å². The fraction of sp³-hybridized carbons (Fsp3) is 0.105. The molecule has 0 atom stereocenters. The molecule has 2 aromatic heterocycles. The number of H-pyrrole nitrogens is 1. The van der Waals surface area contributed by atoms with Gasteiger partial charge >= 0.3 is 0 Å². The van der Waals surface area contributed by atoms with E-state index in [4.69, 9.17) is 4.42 Å². The second-order valence-corrected chi connectivity index (χ2v) is 5.40. The highest BCUT2D eigenvalue weighted by atomic mass is 16.3. The van der Waals surface area contributed by atoms with E-state index in [1.165, 1.54) is 11.1 Å². The van der Waals surface area contributed by atoms with Gasteiger partial charge in [-0.1, -0.05) is 36.4 Å². The number of nitrogens with one attached hydrogen (secondary N) is 1. The average molecular weight is 288 g/mol. The molecule has 0 radical (unpaired) electrons. The normalized spacial score (nSPS) is 11.1. The first kappa shape index (κ1) is 12.9. The Labute approximate surface area is 128 Å². The van der Waals surface area contributed by atoms with Crippen LogP contribution in [0.3, 0.4) is 0 Å². The van der Waals surface area contributed by atoms with Crippen molar-refractivity contribution in [3.63, 3.8) is 0 Å². The molecule has 0 spiro atoms. The minimum Gasteiger partial charge on any atom is -0.461 e. The van der Waals surface area contributed by atoms with Crippen molar-refractivity contribution < 1.29 is 4.42 Å². The lowest BCUT2D eigenvalue weighted by molar-refractivity contribution is 0.578. The Kier molecular flexibility index (Phi) is 3.24. The van der Waals surface area contributed by atoms with Gasteiger partial charge in [-0.3, -0.25) is 0 Å². The topological polar surface area (TPSA) is 41.8 Å². The number of aryl methyl sites for hydroxylation is 2. The first-order chi connectivity index (χ1) is 10.9. The zero-order valence-electron chi connectivity index (χ0n) is 12.1. The van der Waals surface area contributed by atoms with Crippen LogP contribution in [-0.2, 0) is 12.8 Å². The highest BCUT2D eigenvalue weighted by Gasteiger charge is 2.08. The summed E-state index contributed by atoms with van der Waals surface area (Å²) in [4.78, 5) is 7.90. The van der Waals surface area contributed by atoms with Crippen LogP contribution in [0.4, 0.5) is 0 Å². The lowest BCUT2D eigenvalue weighted by Gasteiger charge is -2.02. The van der Waals surface area contributed by atoms with Crippen LogP contribution in [0, 0.1) is 0 Å². The van der Waals surface area contributed by atoms with Crippen LogP contribution < -0.4 is 0 Å². The van der Waals surface area contributed by atoms with Crippen LogP contribution in [0.25, 0.3) is 22.6 Å². The van der Waals surface area contributed by atoms with Crippen LogP contribution in [-0.4, -0.2) is 9.97 Å². The summed E-state index contributed by atoms with van der Waals surface area (Å²) in [7, 11) is 0. The summed E-state index contributed by atoms with van der Waals surface area (Å²) in [6.45, 7) is 0. The summed E-state index contributed by atoms with van der Waals surface area (Å²) in [6.07, 6.45) is 3.73. The maximum absolute atomic E-state index is 5.39. The number of aromatic amines is 1. The molecule has 0 amide bonds. The van der Waals surface area contributed by atoms with Gasteiger partial charge in [0, 0.05) is 0 Å². The average Bonchev–Trinajstić information content (AvgIpc) is 3.22. The van der Waals surface area contributed by atoms with E-state index >= 15 is 0 Å². The van der Waals surface area contributed by atoms with Gasteiger partial charge in [-0.25, -0.2) is 4.98 Å². The second-order valence-electron chi connectivity index (χ2n) is 5.40. The highest BCUT2D eigenvalue weighted by Crippen LogP contribution is 2.22. The van der Waals surface area contributed by atoms with E-state index in [2.05, 4.69) is 58.5 Å². The maximum atomic E-state index is 5.39. The standard InChI is InChI=1S/C19H16N2O/c1-2-5-14(6-3-1)8-9-15-10-11-16-17(13-15)21-19(20-16)18-7-4-12-22-18/h1-7,10-13H,8-9H2,(H,20,21). The van der Waals surface area contributed by atoms with Gasteiger partial charge < -0.3 is 9.40 Å². The molecule has 22 heavy (non-hydrogen) atoms. The van der Waals surface area contributed by atoms with Gasteiger partial charge in [-0.15, -0.1) is 0 Å². The van der Waals surface area contributed by atoms with Gasteiger partial charge in [0.25, 0.3) is 0 Å². The van der Waals surface area contributed by atoms with Crippen molar-refractivity contribution in [2.45, 2.75) is 12.8 Å². The molecule has 0 aliphatic rings. The summed E-state index contributed by atoms with van der Waals surface area (Å²) < 4.78 is 5.39. The number of hydrogen-bond donors (Lipinski definition) is 1. The van der Waals surface area contributed by atoms with Crippen molar-refractivity contribution in [3.05, 3.63) is 78.1 Å². The van der Waals surface area contributed by atoms with Crippen LogP contribution in [0.1, 0.15) is 11.1 Å². The molecule has 4 aromatic rings. The van der Waals surface area contributed by atoms with E-state index in [9.17, 15) is 0 Å². The third-order valence-electron chi connectivity index (χ3n) is 3.85. The summed E-state index contributed by atoms with van der Waals surface area (Å²) in [5.74, 6) is 1.54. The highest BCUT2D eigenvalue weighted by molar-refractivity contribution is 5.79. The smallest absolute Gasteiger partial charge is 0.174 e. The summed E-state index contributed by atoms with van der Waals surface area (Å²) >= 11 is 0. The van der Waals surface area contributed by atoms with Gasteiger partial charge in [0.05, 0.1) is 17.3 Å². The Balaban J connectivity index is 1.58. The molecular weight excluding hydrogens is 272 g/mol. The molecule has 0 saturated carbocycles. The summed E-state index contributed by atoms with van der Waals surface area (Å²) in [5, 5.41) is 0. The molecular formula is C19H16N2O. The fourth-order valence-corrected chi connectivity index (χ4v) is 2.68. The molecule has 0 aliphatic heterocycles. The molecule has 0 saturated heterocycles. The number of rotatable bonds is 4. The number of fused-ring (bicyclic) bond motifs is 1. The second kappa shape index (κ2) is 5.53. The first-order valence-corrected chi connectivity index (χ1v) is 7.45. The van der Waals surface area contributed by atoms with E-state index in [1.807, 2.05) is 12.1 Å². The van der Waals surface area contributed by atoms with E-state index in [-0.39, 0.29) is 0 Å². The molecule has 1 N–H and O–H groups in total. The predicted octanol–water partition coefficient (Wildman–Crippen LogP) is 4.61. The zero-order valence-corrected chi connectivity index (χ0v) is 12.1. The lowest BCUT2D eigenvalue weighted by Crippen LogP contribution is -1.90. The number of nitrogens with zero attached hydrogens (tertiary/aromatic N) is 1. The summed E-state index contributed by atoms with van der Waals surface area (Å²) in [5.41, 5.74) is 4.70. The minimum absolute atomic E-state index is 0.766. The van der Waals surface area contributed by atoms with Crippen LogP contribution in [0.5, 0.6) is 0 Å². The molecule has 0 unspecified atom stereocenters. The monoisotopic (exact) mass is 288 g/mol. The van der Waals surface area contributed by atoms with Gasteiger partial charge in [0.1, 0.15) is 0 Å². The largest absolute Gasteiger partial charge is 0.461 e. The van der Waals surface area contributed by atoms with E-state index in [0.717, 1.165) is 35.5 Å². The maximum Gasteiger partial charge on any atom is 0.174 e. The molecule has 2 heterocycles. The Bertz CT molecular complexity index is 876. The molecule has 2 aromatic carbocycles. The van der Waals surface area contributed by atoms with Gasteiger partial charge in [-0.2, -0.15) is 0 Å². The van der Waals surface area contributed by atoms with Crippen LogP contribution >= 0.6 is 0 Å². The Morgan fingerprint density at radius 1 is 0.864 bits per heavy atom. The number of furan rings is 1. The van der Waals surface area contributed by atoms with Crippen molar-refractivity contribution in [1.29, 1.82) is 0 Å². The van der Waals surface area contributed by atoms with E-state index < -0.39 is 0 Å². The van der Waals surface area contributed by atoms with Crippen molar-refractivity contribution in [1.82, 2.24) is 9.97 Å². The molecule has 0 aliphatic carbocycles. The molecule has 3 heteroatoms. The third kappa shape index (κ3) is 2.53. The molecule has 0 fully saturated rings. The molecule has 0 bridgehead atoms. The third-order valence-corrected chi connectivity index (χ3v) is 3.85.